The number of benzene rings is 1. The highest BCUT2D eigenvalue weighted by molar-refractivity contribution is 5.92. The molecule has 0 saturated heterocycles. The van der Waals surface area contributed by atoms with Crippen LogP contribution in [0.4, 0.5) is 5.69 Å². The van der Waals surface area contributed by atoms with Crippen molar-refractivity contribution in [3.8, 4) is 11.4 Å². The molecule has 1 heterocycles. The van der Waals surface area contributed by atoms with E-state index in [1.54, 1.807) is 0 Å². The Balaban J connectivity index is 2.18. The average Bonchev–Trinajstić information content (AvgIpc) is 2.85. The predicted octanol–water partition coefficient (Wildman–Crippen LogP) is 1.64. The topological polar surface area (TPSA) is 82.7 Å². The maximum atomic E-state index is 11.8. The fourth-order valence-electron chi connectivity index (χ4n) is 1.82. The molecule has 0 radical (unpaired) electrons. The molecular formula is C14H19N5O. The maximum absolute atomic E-state index is 11.8. The summed E-state index contributed by atoms with van der Waals surface area (Å²) >= 11 is 0. The minimum Gasteiger partial charge on any atom is -0.326 e. The number of aryl methyl sites for hydroxylation is 2. The molecule has 106 valence electrons. The van der Waals surface area contributed by atoms with Gasteiger partial charge in [-0.1, -0.05) is 12.1 Å². The molecule has 20 heavy (non-hydrogen) atoms. The van der Waals surface area contributed by atoms with Crippen LogP contribution in [0.25, 0.3) is 11.4 Å². The van der Waals surface area contributed by atoms with Crippen LogP contribution < -0.4 is 10.6 Å². The Labute approximate surface area is 118 Å². The lowest BCUT2D eigenvalue weighted by atomic mass is 10.1. The molecule has 3 N–H and O–H groups in total. The van der Waals surface area contributed by atoms with E-state index in [4.69, 9.17) is 0 Å². The van der Waals surface area contributed by atoms with E-state index in [1.165, 1.54) is 0 Å². The van der Waals surface area contributed by atoms with Crippen molar-refractivity contribution in [3.63, 3.8) is 0 Å². The molecule has 0 fully saturated rings. The normalized spacial score (nSPS) is 10.6. The zero-order chi connectivity index (χ0) is 14.5. The first-order chi connectivity index (χ1) is 9.60. The molecule has 0 unspecified atom stereocenters. The van der Waals surface area contributed by atoms with E-state index < -0.39 is 0 Å². The molecule has 1 amide bonds. The first-order valence-electron chi connectivity index (χ1n) is 6.54. The second-order valence-corrected chi connectivity index (χ2v) is 4.68. The zero-order valence-corrected chi connectivity index (χ0v) is 11.9. The second-order valence-electron chi connectivity index (χ2n) is 4.68. The maximum Gasteiger partial charge on any atom is 0.225 e. The van der Waals surface area contributed by atoms with Crippen LogP contribution in [-0.2, 0) is 4.79 Å². The SMILES string of the molecule is CNCCC(=O)Nc1cc(-c2n[nH]c(C)n2)ccc1C. The standard InChI is InChI=1S/C14H19N5O/c1-9-4-5-11(14-16-10(2)18-19-14)8-12(9)17-13(20)6-7-15-3/h4-5,8,15H,6-7H2,1-3H3,(H,17,20)(H,16,18,19). The quantitative estimate of drug-likeness (QED) is 0.773. The number of rotatable bonds is 5. The lowest BCUT2D eigenvalue weighted by Gasteiger charge is -2.09. The number of carbonyl (C=O) groups excluding carboxylic acids is 1. The fourth-order valence-corrected chi connectivity index (χ4v) is 1.82. The lowest BCUT2D eigenvalue weighted by Crippen LogP contribution is -2.19. The van der Waals surface area contributed by atoms with Crippen molar-refractivity contribution in [1.82, 2.24) is 20.5 Å². The van der Waals surface area contributed by atoms with Crippen molar-refractivity contribution in [1.29, 1.82) is 0 Å². The van der Waals surface area contributed by atoms with Crippen LogP contribution in [0.2, 0.25) is 0 Å². The van der Waals surface area contributed by atoms with Gasteiger partial charge < -0.3 is 10.6 Å². The molecule has 2 rings (SSSR count). The Morgan fingerprint density at radius 1 is 1.35 bits per heavy atom. The summed E-state index contributed by atoms with van der Waals surface area (Å²) in [5, 5.41) is 12.8. The first-order valence-corrected chi connectivity index (χ1v) is 6.54. The summed E-state index contributed by atoms with van der Waals surface area (Å²) in [6.45, 7) is 4.47. The second kappa shape index (κ2) is 6.29. The fraction of sp³-hybridized carbons (Fsp3) is 0.357. The van der Waals surface area contributed by atoms with Crippen molar-refractivity contribution in [3.05, 3.63) is 29.6 Å². The van der Waals surface area contributed by atoms with Gasteiger partial charge in [0.15, 0.2) is 5.82 Å². The molecule has 0 bridgehead atoms. The Morgan fingerprint density at radius 3 is 2.80 bits per heavy atom. The largest absolute Gasteiger partial charge is 0.326 e. The Hall–Kier alpha value is -2.21. The van der Waals surface area contributed by atoms with E-state index in [0.29, 0.717) is 18.8 Å². The van der Waals surface area contributed by atoms with Crippen LogP contribution in [0, 0.1) is 13.8 Å². The number of hydrogen-bond donors (Lipinski definition) is 3. The van der Waals surface area contributed by atoms with Gasteiger partial charge in [-0.2, -0.15) is 5.10 Å². The highest BCUT2D eigenvalue weighted by Gasteiger charge is 2.09. The summed E-state index contributed by atoms with van der Waals surface area (Å²) < 4.78 is 0. The van der Waals surface area contributed by atoms with E-state index in [2.05, 4.69) is 25.8 Å². The highest BCUT2D eigenvalue weighted by Crippen LogP contribution is 2.23. The molecule has 1 aromatic carbocycles. The third-order valence-electron chi connectivity index (χ3n) is 2.97. The van der Waals surface area contributed by atoms with Crippen LogP contribution in [0.1, 0.15) is 17.8 Å². The van der Waals surface area contributed by atoms with Gasteiger partial charge in [-0.15, -0.1) is 0 Å². The van der Waals surface area contributed by atoms with Gasteiger partial charge in [0.2, 0.25) is 5.91 Å². The molecule has 0 saturated carbocycles. The van der Waals surface area contributed by atoms with Crippen molar-refractivity contribution >= 4 is 11.6 Å². The van der Waals surface area contributed by atoms with Crippen LogP contribution in [-0.4, -0.2) is 34.7 Å². The lowest BCUT2D eigenvalue weighted by molar-refractivity contribution is -0.116. The van der Waals surface area contributed by atoms with Gasteiger partial charge >= 0.3 is 0 Å². The van der Waals surface area contributed by atoms with Crippen LogP contribution in [0.5, 0.6) is 0 Å². The van der Waals surface area contributed by atoms with Crippen molar-refractivity contribution in [2.45, 2.75) is 20.3 Å². The predicted molar refractivity (Wildman–Crippen MR) is 78.5 cm³/mol. The van der Waals surface area contributed by atoms with Crippen LogP contribution in [0.3, 0.4) is 0 Å². The molecule has 1 aromatic heterocycles. The number of aromatic amines is 1. The highest BCUT2D eigenvalue weighted by atomic mass is 16.1. The molecule has 0 aliphatic heterocycles. The van der Waals surface area contributed by atoms with E-state index in [9.17, 15) is 4.79 Å². The summed E-state index contributed by atoms with van der Waals surface area (Å²) in [6.07, 6.45) is 0.444. The molecule has 0 atom stereocenters. The number of hydrogen-bond acceptors (Lipinski definition) is 4. The monoisotopic (exact) mass is 273 g/mol. The zero-order valence-electron chi connectivity index (χ0n) is 11.9. The third kappa shape index (κ3) is 3.42. The Kier molecular flexibility index (Phi) is 4.47. The molecule has 0 spiro atoms. The van der Waals surface area contributed by atoms with E-state index in [1.807, 2.05) is 39.1 Å². The van der Waals surface area contributed by atoms with Gasteiger partial charge in [-0.3, -0.25) is 9.89 Å². The van der Waals surface area contributed by atoms with Gasteiger partial charge in [0.25, 0.3) is 0 Å². The summed E-state index contributed by atoms with van der Waals surface area (Å²) in [5.41, 5.74) is 2.69. The number of anilines is 1. The van der Waals surface area contributed by atoms with Gasteiger partial charge in [-0.25, -0.2) is 4.98 Å². The van der Waals surface area contributed by atoms with Gasteiger partial charge in [0.1, 0.15) is 5.82 Å². The average molecular weight is 273 g/mol. The number of carbonyl (C=O) groups is 1. The molecule has 6 heteroatoms. The summed E-state index contributed by atoms with van der Waals surface area (Å²) in [4.78, 5) is 16.1. The Morgan fingerprint density at radius 2 is 2.15 bits per heavy atom. The smallest absolute Gasteiger partial charge is 0.225 e. The summed E-state index contributed by atoms with van der Waals surface area (Å²) in [5.74, 6) is 1.39. The molecular weight excluding hydrogens is 254 g/mol. The van der Waals surface area contributed by atoms with Crippen LogP contribution in [0.15, 0.2) is 18.2 Å². The molecule has 0 aliphatic rings. The van der Waals surface area contributed by atoms with Gasteiger partial charge in [-0.05, 0) is 32.5 Å². The number of amides is 1. The minimum atomic E-state index is -0.00855. The van der Waals surface area contributed by atoms with Crippen molar-refractivity contribution < 1.29 is 4.79 Å². The van der Waals surface area contributed by atoms with E-state index in [-0.39, 0.29) is 5.91 Å². The summed E-state index contributed by atoms with van der Waals surface area (Å²) in [7, 11) is 1.82. The Bertz CT molecular complexity index is 605. The van der Waals surface area contributed by atoms with E-state index in [0.717, 1.165) is 22.6 Å². The minimum absolute atomic E-state index is 0.00855. The van der Waals surface area contributed by atoms with E-state index >= 15 is 0 Å². The number of H-pyrrole nitrogens is 1. The number of aromatic nitrogens is 3. The third-order valence-corrected chi connectivity index (χ3v) is 2.97. The number of nitrogens with one attached hydrogen (secondary N) is 3. The van der Waals surface area contributed by atoms with Gasteiger partial charge in [0, 0.05) is 24.2 Å². The van der Waals surface area contributed by atoms with Gasteiger partial charge in [0.05, 0.1) is 0 Å². The number of nitrogens with zero attached hydrogens (tertiary/aromatic N) is 2. The first kappa shape index (κ1) is 14.2. The summed E-state index contributed by atoms with van der Waals surface area (Å²) in [6, 6.07) is 5.80. The van der Waals surface area contributed by atoms with Crippen LogP contribution >= 0.6 is 0 Å². The molecule has 2 aromatic rings. The molecule has 0 aliphatic carbocycles. The molecule has 6 nitrogen and oxygen atoms in total. The van der Waals surface area contributed by atoms with Crippen molar-refractivity contribution in [2.24, 2.45) is 0 Å². The van der Waals surface area contributed by atoms with Crippen molar-refractivity contribution in [2.75, 3.05) is 18.9 Å².